The van der Waals surface area contributed by atoms with Gasteiger partial charge in [0, 0.05) is 23.8 Å². The molecule has 1 aromatic carbocycles. The Morgan fingerprint density at radius 1 is 1.32 bits per heavy atom. The van der Waals surface area contributed by atoms with Crippen molar-refractivity contribution >= 4 is 29.1 Å². The van der Waals surface area contributed by atoms with Crippen molar-refractivity contribution in [3.05, 3.63) is 28.8 Å². The molecule has 1 aliphatic rings. The van der Waals surface area contributed by atoms with Gasteiger partial charge in [0.05, 0.1) is 24.3 Å². The molecule has 0 radical (unpaired) electrons. The molecule has 0 aliphatic carbocycles. The van der Waals surface area contributed by atoms with Crippen molar-refractivity contribution in [3.8, 4) is 0 Å². The van der Waals surface area contributed by atoms with Crippen LogP contribution in [0.3, 0.4) is 0 Å². The summed E-state index contributed by atoms with van der Waals surface area (Å²) in [7, 11) is 0. The van der Waals surface area contributed by atoms with Crippen LogP contribution in [0.5, 0.6) is 0 Å². The molecule has 25 heavy (non-hydrogen) atoms. The summed E-state index contributed by atoms with van der Waals surface area (Å²) in [5.74, 6) is -1.07. The third kappa shape index (κ3) is 4.85. The molecule has 1 atom stereocenters. The molecule has 1 fully saturated rings. The number of anilines is 1. The number of likely N-dealkylation sites (tertiary alicyclic amines) is 1. The lowest BCUT2D eigenvalue weighted by Gasteiger charge is -2.31. The van der Waals surface area contributed by atoms with Gasteiger partial charge in [0.1, 0.15) is 0 Å². The molecule has 0 bridgehead atoms. The maximum absolute atomic E-state index is 13.1. The van der Waals surface area contributed by atoms with Crippen LogP contribution in [0.15, 0.2) is 18.2 Å². The lowest BCUT2D eigenvalue weighted by Crippen LogP contribution is -3.17. The summed E-state index contributed by atoms with van der Waals surface area (Å²) >= 11 is 5.63. The summed E-state index contributed by atoms with van der Waals surface area (Å²) in [6.07, 6.45) is -3.49. The highest BCUT2D eigenvalue weighted by atomic mass is 35.5. The Morgan fingerprint density at radius 3 is 2.44 bits per heavy atom. The first-order valence-electron chi connectivity index (χ1n) is 7.91. The summed E-state index contributed by atoms with van der Waals surface area (Å²) in [4.78, 5) is 24.5. The van der Waals surface area contributed by atoms with E-state index in [2.05, 4.69) is 5.32 Å². The Bertz CT molecular complexity index is 659. The highest BCUT2D eigenvalue weighted by molar-refractivity contribution is 6.30. The van der Waals surface area contributed by atoms with Crippen molar-refractivity contribution in [2.75, 3.05) is 18.4 Å². The number of hydrogen-bond donors (Lipinski definition) is 3. The summed E-state index contributed by atoms with van der Waals surface area (Å²) in [5.41, 5.74) is 3.97. The van der Waals surface area contributed by atoms with Crippen molar-refractivity contribution in [2.45, 2.75) is 32.0 Å². The van der Waals surface area contributed by atoms with Crippen LogP contribution in [0.1, 0.15) is 25.3 Å². The van der Waals surface area contributed by atoms with Crippen molar-refractivity contribution in [1.29, 1.82) is 0 Å². The number of nitrogens with one attached hydrogen (secondary N) is 2. The molecule has 1 saturated heterocycles. The summed E-state index contributed by atoms with van der Waals surface area (Å²) < 4.78 is 39.3. The van der Waals surface area contributed by atoms with Gasteiger partial charge in [0.15, 0.2) is 6.04 Å². The number of hydrogen-bond acceptors (Lipinski definition) is 2. The smallest absolute Gasteiger partial charge is 0.369 e. The SMILES string of the molecule is C[C@@H](C(=O)Nc1ccc(Cl)cc1C(F)(F)F)[NH+]1CCC(C(N)=O)CC1. The molecule has 2 rings (SSSR count). The van der Waals surface area contributed by atoms with Crippen LogP contribution in [0.2, 0.25) is 5.02 Å². The normalized spacial score (nSPS) is 22.3. The fourth-order valence-corrected chi connectivity index (χ4v) is 3.16. The van der Waals surface area contributed by atoms with Crippen molar-refractivity contribution in [1.82, 2.24) is 0 Å². The van der Waals surface area contributed by atoms with E-state index in [1.54, 1.807) is 6.92 Å². The van der Waals surface area contributed by atoms with Crippen molar-refractivity contribution in [3.63, 3.8) is 0 Å². The molecule has 138 valence electrons. The van der Waals surface area contributed by atoms with Crippen LogP contribution in [-0.4, -0.2) is 30.9 Å². The van der Waals surface area contributed by atoms with Gasteiger partial charge in [-0.05, 0) is 25.1 Å². The van der Waals surface area contributed by atoms with E-state index in [0.717, 1.165) is 17.0 Å². The van der Waals surface area contributed by atoms with Gasteiger partial charge in [0.2, 0.25) is 5.91 Å². The zero-order valence-electron chi connectivity index (χ0n) is 13.6. The molecule has 0 saturated carbocycles. The predicted octanol–water partition coefficient (Wildman–Crippen LogP) is 1.47. The van der Waals surface area contributed by atoms with Crippen LogP contribution in [0.25, 0.3) is 0 Å². The fraction of sp³-hybridized carbons (Fsp3) is 0.500. The largest absolute Gasteiger partial charge is 0.418 e. The number of alkyl halides is 3. The first-order valence-corrected chi connectivity index (χ1v) is 8.29. The van der Waals surface area contributed by atoms with E-state index in [0.29, 0.717) is 25.9 Å². The Morgan fingerprint density at radius 2 is 1.92 bits per heavy atom. The molecule has 1 heterocycles. The number of benzene rings is 1. The van der Waals surface area contributed by atoms with Crippen LogP contribution in [0, 0.1) is 5.92 Å². The Labute approximate surface area is 148 Å². The Kier molecular flexibility index (Phi) is 5.95. The van der Waals surface area contributed by atoms with Gasteiger partial charge < -0.3 is 16.0 Å². The summed E-state index contributed by atoms with van der Waals surface area (Å²) in [6, 6.07) is 2.67. The second kappa shape index (κ2) is 7.61. The van der Waals surface area contributed by atoms with Gasteiger partial charge in [-0.15, -0.1) is 0 Å². The lowest BCUT2D eigenvalue weighted by molar-refractivity contribution is -0.919. The third-order valence-corrected chi connectivity index (χ3v) is 4.82. The van der Waals surface area contributed by atoms with Gasteiger partial charge in [0.25, 0.3) is 5.91 Å². The highest BCUT2D eigenvalue weighted by Gasteiger charge is 2.36. The standard InChI is InChI=1S/C16H19ClF3N3O2/c1-9(23-6-4-10(5-7-23)14(21)24)15(25)22-13-3-2-11(17)8-12(13)16(18,19)20/h2-3,8-10H,4-7H2,1H3,(H2,21,24)(H,22,25)/p+1/t9-/m0/s1. The van der Waals surface area contributed by atoms with Gasteiger partial charge in [-0.3, -0.25) is 9.59 Å². The monoisotopic (exact) mass is 378 g/mol. The van der Waals surface area contributed by atoms with E-state index in [1.807, 2.05) is 0 Å². The highest BCUT2D eigenvalue weighted by Crippen LogP contribution is 2.36. The second-order valence-corrected chi connectivity index (χ2v) is 6.67. The van der Waals surface area contributed by atoms with E-state index >= 15 is 0 Å². The number of rotatable bonds is 4. The molecule has 4 N–H and O–H groups in total. The minimum absolute atomic E-state index is 0.0579. The molecule has 2 amide bonds. The zero-order valence-corrected chi connectivity index (χ0v) is 14.4. The average molecular weight is 379 g/mol. The van der Waals surface area contributed by atoms with Crippen LogP contribution in [0.4, 0.5) is 18.9 Å². The molecule has 0 unspecified atom stereocenters. The van der Waals surface area contributed by atoms with Crippen molar-refractivity contribution < 1.29 is 27.7 Å². The van der Waals surface area contributed by atoms with Crippen LogP contribution in [-0.2, 0) is 15.8 Å². The number of carbonyl (C=O) groups is 2. The number of quaternary nitrogens is 1. The number of nitrogens with two attached hydrogens (primary N) is 1. The topological polar surface area (TPSA) is 76.6 Å². The zero-order chi connectivity index (χ0) is 18.8. The minimum atomic E-state index is -4.62. The maximum atomic E-state index is 13.1. The van der Waals surface area contributed by atoms with Gasteiger partial charge in [-0.1, -0.05) is 11.6 Å². The first-order chi connectivity index (χ1) is 11.6. The molecule has 5 nitrogen and oxygen atoms in total. The quantitative estimate of drug-likeness (QED) is 0.742. The van der Waals surface area contributed by atoms with E-state index in [-0.39, 0.29) is 22.5 Å². The maximum Gasteiger partial charge on any atom is 0.418 e. The lowest BCUT2D eigenvalue weighted by atomic mass is 9.95. The predicted molar refractivity (Wildman–Crippen MR) is 87.2 cm³/mol. The average Bonchev–Trinajstić information content (AvgIpc) is 2.54. The number of amides is 2. The first kappa shape index (κ1) is 19.5. The number of piperidine rings is 1. The molecule has 1 aliphatic heterocycles. The molecule has 0 spiro atoms. The van der Waals surface area contributed by atoms with Gasteiger partial charge in [-0.25, -0.2) is 0 Å². The Balaban J connectivity index is 2.06. The van der Waals surface area contributed by atoms with Gasteiger partial charge >= 0.3 is 6.18 Å². The molecule has 1 aromatic rings. The molecule has 9 heteroatoms. The fourth-order valence-electron chi connectivity index (χ4n) is 2.99. The molecular formula is C16H20ClF3N3O2+. The van der Waals surface area contributed by atoms with E-state index in [4.69, 9.17) is 17.3 Å². The number of carbonyl (C=O) groups excluding carboxylic acids is 2. The van der Waals surface area contributed by atoms with Crippen LogP contribution >= 0.6 is 11.6 Å². The van der Waals surface area contributed by atoms with E-state index < -0.39 is 23.7 Å². The van der Waals surface area contributed by atoms with Gasteiger partial charge in [-0.2, -0.15) is 13.2 Å². The summed E-state index contributed by atoms with van der Waals surface area (Å²) in [6.45, 7) is 2.78. The molecule has 0 aromatic heterocycles. The molecular weight excluding hydrogens is 359 g/mol. The number of primary amides is 1. The van der Waals surface area contributed by atoms with Crippen molar-refractivity contribution in [2.24, 2.45) is 11.7 Å². The van der Waals surface area contributed by atoms with E-state index in [9.17, 15) is 22.8 Å². The van der Waals surface area contributed by atoms with Crippen LogP contribution < -0.4 is 16.0 Å². The number of halogens is 4. The third-order valence-electron chi connectivity index (χ3n) is 4.58. The second-order valence-electron chi connectivity index (χ2n) is 6.23. The minimum Gasteiger partial charge on any atom is -0.369 e. The summed E-state index contributed by atoms with van der Waals surface area (Å²) in [5, 5.41) is 2.29. The Hall–Kier alpha value is -1.80. The van der Waals surface area contributed by atoms with E-state index in [1.165, 1.54) is 6.07 Å².